The number of benzene rings is 2. The highest BCUT2D eigenvalue weighted by Gasteiger charge is 2.34. The second-order valence-corrected chi connectivity index (χ2v) is 7.13. The molecule has 5 heteroatoms. The molecule has 140 valence electrons. The molecule has 0 bridgehead atoms. The Bertz CT molecular complexity index is 712. The average Bonchev–Trinajstić information content (AvgIpc) is 2.69. The van der Waals surface area contributed by atoms with Crippen molar-refractivity contribution in [3.8, 4) is 11.5 Å². The fraction of sp³-hybridized carbons (Fsp3) is 0.429. The summed E-state index contributed by atoms with van der Waals surface area (Å²) < 4.78 is 16.3. The first-order chi connectivity index (χ1) is 12.7. The molecule has 1 N–H and O–H groups in total. The largest absolute Gasteiger partial charge is 0.493 e. The minimum absolute atomic E-state index is 0.0827. The first-order valence-corrected chi connectivity index (χ1v) is 9.30. The van der Waals surface area contributed by atoms with Crippen LogP contribution in [0.5, 0.6) is 11.5 Å². The van der Waals surface area contributed by atoms with Gasteiger partial charge in [0.1, 0.15) is 0 Å². The van der Waals surface area contributed by atoms with Gasteiger partial charge in [0.25, 0.3) is 0 Å². The Morgan fingerprint density at radius 2 is 1.69 bits per heavy atom. The van der Waals surface area contributed by atoms with E-state index in [0.717, 1.165) is 55.7 Å². The standard InChI is InChI=1S/C21H26ClNO3/c1-24-19-8-3-16(13-20(19)25-2)14-23-15-21(9-11-26-12-10-21)17-4-6-18(22)7-5-17/h3-8,13,23H,9-12,14-15H2,1-2H3. The Kier molecular flexibility index (Phi) is 6.41. The van der Waals surface area contributed by atoms with Crippen LogP contribution in [0.4, 0.5) is 0 Å². The van der Waals surface area contributed by atoms with Crippen molar-refractivity contribution in [1.29, 1.82) is 0 Å². The molecule has 4 nitrogen and oxygen atoms in total. The maximum atomic E-state index is 6.07. The van der Waals surface area contributed by atoms with E-state index in [2.05, 4.69) is 23.5 Å². The van der Waals surface area contributed by atoms with Crippen LogP contribution >= 0.6 is 11.6 Å². The molecule has 0 saturated carbocycles. The number of halogens is 1. The number of hydrogen-bond acceptors (Lipinski definition) is 4. The topological polar surface area (TPSA) is 39.7 Å². The molecule has 2 aromatic carbocycles. The molecule has 1 aliphatic rings. The van der Waals surface area contributed by atoms with Crippen LogP contribution in [0.25, 0.3) is 0 Å². The van der Waals surface area contributed by atoms with Crippen LogP contribution in [0.15, 0.2) is 42.5 Å². The Labute approximate surface area is 160 Å². The third kappa shape index (κ3) is 4.32. The first kappa shape index (κ1) is 19.0. The lowest BCUT2D eigenvalue weighted by Gasteiger charge is -2.38. The predicted molar refractivity (Wildman–Crippen MR) is 104 cm³/mol. The number of nitrogens with one attached hydrogen (secondary N) is 1. The van der Waals surface area contributed by atoms with Gasteiger partial charge in [0.15, 0.2) is 11.5 Å². The van der Waals surface area contributed by atoms with Crippen molar-refractivity contribution in [1.82, 2.24) is 5.32 Å². The predicted octanol–water partition coefficient (Wildman–Crippen LogP) is 4.20. The van der Waals surface area contributed by atoms with E-state index < -0.39 is 0 Å². The zero-order valence-corrected chi connectivity index (χ0v) is 16.1. The van der Waals surface area contributed by atoms with Crippen molar-refractivity contribution in [3.05, 3.63) is 58.6 Å². The van der Waals surface area contributed by atoms with Crippen LogP contribution in [0.1, 0.15) is 24.0 Å². The third-order valence-corrected chi connectivity index (χ3v) is 5.40. The van der Waals surface area contributed by atoms with E-state index in [4.69, 9.17) is 25.8 Å². The summed E-state index contributed by atoms with van der Waals surface area (Å²) in [7, 11) is 3.31. The van der Waals surface area contributed by atoms with Gasteiger partial charge in [-0.1, -0.05) is 29.8 Å². The van der Waals surface area contributed by atoms with Gasteiger partial charge in [-0.2, -0.15) is 0 Å². The fourth-order valence-electron chi connectivity index (χ4n) is 3.57. The Morgan fingerprint density at radius 3 is 2.35 bits per heavy atom. The van der Waals surface area contributed by atoms with E-state index in [1.54, 1.807) is 14.2 Å². The number of methoxy groups -OCH3 is 2. The van der Waals surface area contributed by atoms with Crippen LogP contribution < -0.4 is 14.8 Å². The van der Waals surface area contributed by atoms with Gasteiger partial charge < -0.3 is 19.5 Å². The van der Waals surface area contributed by atoms with Gasteiger partial charge in [-0.3, -0.25) is 0 Å². The van der Waals surface area contributed by atoms with E-state index in [0.29, 0.717) is 0 Å². The molecule has 0 amide bonds. The first-order valence-electron chi connectivity index (χ1n) is 8.92. The minimum Gasteiger partial charge on any atom is -0.493 e. The molecule has 1 aliphatic heterocycles. The maximum absolute atomic E-state index is 6.07. The lowest BCUT2D eigenvalue weighted by Crippen LogP contribution is -2.42. The van der Waals surface area contributed by atoms with Crippen LogP contribution in [-0.4, -0.2) is 34.0 Å². The van der Waals surface area contributed by atoms with E-state index in [9.17, 15) is 0 Å². The zero-order valence-electron chi connectivity index (χ0n) is 15.4. The summed E-state index contributed by atoms with van der Waals surface area (Å²) >= 11 is 6.07. The van der Waals surface area contributed by atoms with Crippen molar-refractivity contribution in [2.75, 3.05) is 34.0 Å². The SMILES string of the molecule is COc1ccc(CNCC2(c3ccc(Cl)cc3)CCOCC2)cc1OC. The second kappa shape index (κ2) is 8.76. The minimum atomic E-state index is 0.0827. The van der Waals surface area contributed by atoms with Crippen LogP contribution in [0.3, 0.4) is 0 Å². The number of hydrogen-bond donors (Lipinski definition) is 1. The van der Waals surface area contributed by atoms with E-state index in [1.807, 2.05) is 24.3 Å². The highest BCUT2D eigenvalue weighted by Crippen LogP contribution is 2.35. The van der Waals surface area contributed by atoms with Crippen molar-refractivity contribution >= 4 is 11.6 Å². The molecule has 0 unspecified atom stereocenters. The molecule has 1 saturated heterocycles. The van der Waals surface area contributed by atoms with E-state index in [1.165, 1.54) is 11.1 Å². The fourth-order valence-corrected chi connectivity index (χ4v) is 3.70. The maximum Gasteiger partial charge on any atom is 0.161 e. The molecule has 26 heavy (non-hydrogen) atoms. The summed E-state index contributed by atoms with van der Waals surface area (Å²) in [6.07, 6.45) is 2.02. The molecule has 1 fully saturated rings. The van der Waals surface area contributed by atoms with Crippen LogP contribution in [0.2, 0.25) is 5.02 Å². The lowest BCUT2D eigenvalue weighted by molar-refractivity contribution is 0.0498. The molecule has 1 heterocycles. The summed E-state index contributed by atoms with van der Waals surface area (Å²) in [6, 6.07) is 14.3. The monoisotopic (exact) mass is 375 g/mol. The van der Waals surface area contributed by atoms with Gasteiger partial charge in [-0.25, -0.2) is 0 Å². The smallest absolute Gasteiger partial charge is 0.161 e. The molecule has 0 aliphatic carbocycles. The third-order valence-electron chi connectivity index (χ3n) is 5.15. The van der Waals surface area contributed by atoms with Gasteiger partial charge in [0.2, 0.25) is 0 Å². The molecule has 3 rings (SSSR count). The van der Waals surface area contributed by atoms with Crippen molar-refractivity contribution < 1.29 is 14.2 Å². The number of ether oxygens (including phenoxy) is 3. The Hall–Kier alpha value is -1.75. The van der Waals surface area contributed by atoms with Crippen molar-refractivity contribution in [2.24, 2.45) is 0 Å². The van der Waals surface area contributed by atoms with E-state index in [-0.39, 0.29) is 5.41 Å². The second-order valence-electron chi connectivity index (χ2n) is 6.69. The van der Waals surface area contributed by atoms with Crippen molar-refractivity contribution in [2.45, 2.75) is 24.8 Å². The average molecular weight is 376 g/mol. The normalized spacial score (nSPS) is 16.3. The molecular weight excluding hydrogens is 350 g/mol. The van der Waals surface area contributed by atoms with Crippen LogP contribution in [0, 0.1) is 0 Å². The van der Waals surface area contributed by atoms with Gasteiger partial charge in [0, 0.05) is 36.7 Å². The van der Waals surface area contributed by atoms with Gasteiger partial charge in [-0.15, -0.1) is 0 Å². The highest BCUT2D eigenvalue weighted by molar-refractivity contribution is 6.30. The molecule has 0 aromatic heterocycles. The summed E-state index contributed by atoms with van der Waals surface area (Å²) in [5, 5.41) is 4.40. The molecule has 0 spiro atoms. The zero-order chi connectivity index (χ0) is 18.4. The molecule has 0 radical (unpaired) electrons. The molecular formula is C21H26ClNO3. The summed E-state index contributed by atoms with van der Waals surface area (Å²) in [6.45, 7) is 3.25. The summed E-state index contributed by atoms with van der Waals surface area (Å²) in [5.41, 5.74) is 2.57. The summed E-state index contributed by atoms with van der Waals surface area (Å²) in [5.74, 6) is 1.50. The van der Waals surface area contributed by atoms with Crippen LogP contribution in [-0.2, 0) is 16.7 Å². The van der Waals surface area contributed by atoms with Crippen molar-refractivity contribution in [3.63, 3.8) is 0 Å². The molecule has 2 aromatic rings. The van der Waals surface area contributed by atoms with Gasteiger partial charge >= 0.3 is 0 Å². The van der Waals surface area contributed by atoms with E-state index >= 15 is 0 Å². The number of rotatable bonds is 7. The van der Waals surface area contributed by atoms with Gasteiger partial charge in [-0.05, 0) is 48.2 Å². The highest BCUT2D eigenvalue weighted by atomic mass is 35.5. The van der Waals surface area contributed by atoms with Gasteiger partial charge in [0.05, 0.1) is 14.2 Å². The quantitative estimate of drug-likeness (QED) is 0.787. The Balaban J connectivity index is 1.70. The lowest BCUT2D eigenvalue weighted by atomic mass is 9.74. The summed E-state index contributed by atoms with van der Waals surface area (Å²) in [4.78, 5) is 0. The molecule has 0 atom stereocenters. The Morgan fingerprint density at radius 1 is 1.00 bits per heavy atom.